The highest BCUT2D eigenvalue weighted by Gasteiger charge is 2.26. The first-order valence-corrected chi connectivity index (χ1v) is 11.5. The first-order chi connectivity index (χ1) is 15.5. The van der Waals surface area contributed by atoms with Gasteiger partial charge in [-0.25, -0.2) is 9.37 Å². The zero-order valence-electron chi connectivity index (χ0n) is 18.9. The van der Waals surface area contributed by atoms with Crippen LogP contribution < -0.4 is 0 Å². The van der Waals surface area contributed by atoms with Crippen LogP contribution in [0.2, 0.25) is 0 Å². The number of pyridine rings is 1. The molecule has 2 aromatic heterocycles. The van der Waals surface area contributed by atoms with Gasteiger partial charge < -0.3 is 9.47 Å². The van der Waals surface area contributed by atoms with E-state index in [1.54, 1.807) is 18.3 Å². The number of aryl methyl sites for hydroxylation is 3. The molecule has 1 aliphatic rings. The Labute approximate surface area is 189 Å². The number of hydrogen-bond donors (Lipinski definition) is 0. The van der Waals surface area contributed by atoms with Gasteiger partial charge in [0.2, 0.25) is 5.91 Å². The molecule has 1 saturated heterocycles. The Morgan fingerprint density at radius 3 is 2.91 bits per heavy atom. The second-order valence-corrected chi connectivity index (χ2v) is 8.67. The van der Waals surface area contributed by atoms with Crippen molar-refractivity contribution < 1.29 is 9.18 Å². The number of piperidine rings is 1. The van der Waals surface area contributed by atoms with Crippen molar-refractivity contribution in [2.24, 2.45) is 0 Å². The highest BCUT2D eigenvalue weighted by Crippen LogP contribution is 2.27. The Morgan fingerprint density at radius 1 is 1.22 bits per heavy atom. The minimum Gasteiger partial charge on any atom is -0.342 e. The van der Waals surface area contributed by atoms with Crippen LogP contribution in [0.3, 0.4) is 0 Å². The normalized spacial score (nSPS) is 16.3. The van der Waals surface area contributed by atoms with Gasteiger partial charge in [0.15, 0.2) is 0 Å². The molecule has 4 rings (SSSR count). The van der Waals surface area contributed by atoms with E-state index in [0.717, 1.165) is 54.1 Å². The van der Waals surface area contributed by atoms with Gasteiger partial charge in [0, 0.05) is 62.2 Å². The van der Waals surface area contributed by atoms with Gasteiger partial charge in [-0.15, -0.1) is 0 Å². The van der Waals surface area contributed by atoms with Crippen molar-refractivity contribution in [2.75, 3.05) is 13.1 Å². The fraction of sp³-hybridized carbons (Fsp3) is 0.423. The van der Waals surface area contributed by atoms with Gasteiger partial charge in [0.1, 0.15) is 11.6 Å². The van der Waals surface area contributed by atoms with Crippen LogP contribution in [0.1, 0.15) is 60.4 Å². The maximum Gasteiger partial charge on any atom is 0.224 e. The molecule has 168 valence electrons. The number of nitrogens with zero attached hydrogens (tertiary/aromatic N) is 4. The minimum absolute atomic E-state index is 0.193. The third-order valence-corrected chi connectivity index (χ3v) is 6.21. The number of aromatic nitrogens is 3. The molecule has 1 aromatic carbocycles. The van der Waals surface area contributed by atoms with Crippen molar-refractivity contribution in [1.82, 2.24) is 19.4 Å². The van der Waals surface area contributed by atoms with Crippen molar-refractivity contribution in [2.45, 2.75) is 58.4 Å². The molecule has 32 heavy (non-hydrogen) atoms. The van der Waals surface area contributed by atoms with Crippen LogP contribution in [0.15, 0.2) is 48.8 Å². The third kappa shape index (κ3) is 5.42. The zero-order chi connectivity index (χ0) is 22.5. The molecule has 3 heterocycles. The van der Waals surface area contributed by atoms with E-state index < -0.39 is 0 Å². The van der Waals surface area contributed by atoms with E-state index in [2.05, 4.69) is 28.6 Å². The maximum absolute atomic E-state index is 13.6. The van der Waals surface area contributed by atoms with Crippen molar-refractivity contribution in [3.05, 3.63) is 82.9 Å². The molecule has 1 amide bonds. The molecular weight excluding hydrogens is 403 g/mol. The molecule has 3 aromatic rings. The molecular formula is C26H31FN4O. The molecule has 0 bridgehead atoms. The number of hydrogen-bond acceptors (Lipinski definition) is 3. The van der Waals surface area contributed by atoms with Crippen molar-refractivity contribution in [1.29, 1.82) is 0 Å². The van der Waals surface area contributed by atoms with Crippen molar-refractivity contribution in [3.63, 3.8) is 0 Å². The summed E-state index contributed by atoms with van der Waals surface area (Å²) in [7, 11) is 0. The Bertz CT molecular complexity index is 1080. The Kier molecular flexibility index (Phi) is 6.98. The summed E-state index contributed by atoms with van der Waals surface area (Å²) in [5.41, 5.74) is 4.09. The van der Waals surface area contributed by atoms with Gasteiger partial charge >= 0.3 is 0 Å². The number of benzene rings is 1. The van der Waals surface area contributed by atoms with E-state index in [0.29, 0.717) is 25.9 Å². The van der Waals surface area contributed by atoms with Crippen molar-refractivity contribution >= 4 is 5.91 Å². The largest absolute Gasteiger partial charge is 0.342 e. The average Bonchev–Trinajstić information content (AvgIpc) is 3.25. The first-order valence-electron chi connectivity index (χ1n) is 11.5. The summed E-state index contributed by atoms with van der Waals surface area (Å²) in [6, 6.07) is 10.9. The fourth-order valence-corrected chi connectivity index (χ4v) is 4.64. The smallest absolute Gasteiger partial charge is 0.224 e. The van der Waals surface area contributed by atoms with Gasteiger partial charge in [0.25, 0.3) is 0 Å². The van der Waals surface area contributed by atoms with E-state index in [1.807, 2.05) is 24.1 Å². The molecule has 1 aliphatic heterocycles. The van der Waals surface area contributed by atoms with Gasteiger partial charge in [0.05, 0.1) is 0 Å². The number of rotatable bonds is 7. The molecule has 1 atom stereocenters. The van der Waals surface area contributed by atoms with Gasteiger partial charge in [-0.05, 0) is 61.6 Å². The molecule has 0 radical (unpaired) electrons. The lowest BCUT2D eigenvalue weighted by molar-refractivity contribution is -0.132. The topological polar surface area (TPSA) is 51.0 Å². The Morgan fingerprint density at radius 2 is 2.09 bits per heavy atom. The second-order valence-electron chi connectivity index (χ2n) is 8.67. The minimum atomic E-state index is -0.211. The SMILES string of the molecule is CCc1nccn1CCC(=O)N1CCCC(c2cc(Cc3cccc(F)c3)cc(C)n2)C1. The lowest BCUT2D eigenvalue weighted by Crippen LogP contribution is -2.39. The standard InChI is InChI=1S/C26H31FN4O/c1-3-25-28-10-13-30(25)12-9-26(32)31-11-5-7-22(18-31)24-17-21(14-19(2)29-24)15-20-6-4-8-23(27)16-20/h4,6,8,10,13-14,16-17,22H,3,5,7,9,11-12,15,18H2,1-2H3. The summed E-state index contributed by atoms with van der Waals surface area (Å²) < 4.78 is 15.6. The van der Waals surface area contributed by atoms with E-state index in [1.165, 1.54) is 6.07 Å². The summed E-state index contributed by atoms with van der Waals surface area (Å²) in [5.74, 6) is 1.23. The quantitative estimate of drug-likeness (QED) is 0.543. The molecule has 1 unspecified atom stereocenters. The van der Waals surface area contributed by atoms with E-state index in [-0.39, 0.29) is 17.6 Å². The van der Waals surface area contributed by atoms with E-state index in [9.17, 15) is 9.18 Å². The van der Waals surface area contributed by atoms with Crippen LogP contribution in [0.25, 0.3) is 0 Å². The predicted octanol–water partition coefficient (Wildman–Crippen LogP) is 4.68. The number of amides is 1. The average molecular weight is 435 g/mol. The maximum atomic E-state index is 13.6. The molecule has 5 nitrogen and oxygen atoms in total. The predicted molar refractivity (Wildman–Crippen MR) is 123 cm³/mol. The summed E-state index contributed by atoms with van der Waals surface area (Å²) in [6.07, 6.45) is 7.78. The summed E-state index contributed by atoms with van der Waals surface area (Å²) in [4.78, 5) is 24.0. The van der Waals surface area contributed by atoms with Crippen LogP contribution in [-0.4, -0.2) is 38.4 Å². The summed E-state index contributed by atoms with van der Waals surface area (Å²) in [5, 5.41) is 0. The fourth-order valence-electron chi connectivity index (χ4n) is 4.64. The molecule has 0 aliphatic carbocycles. The van der Waals surface area contributed by atoms with Gasteiger partial charge in [-0.1, -0.05) is 19.1 Å². The first kappa shape index (κ1) is 22.2. The lowest BCUT2D eigenvalue weighted by Gasteiger charge is -2.33. The summed E-state index contributed by atoms with van der Waals surface area (Å²) >= 11 is 0. The molecule has 1 fully saturated rings. The summed E-state index contributed by atoms with van der Waals surface area (Å²) in [6.45, 7) is 6.26. The number of imidazole rings is 1. The molecule has 0 spiro atoms. The number of carbonyl (C=O) groups excluding carboxylic acids is 1. The molecule has 0 saturated carbocycles. The van der Waals surface area contributed by atoms with Crippen LogP contribution in [0.5, 0.6) is 0 Å². The number of halogens is 1. The Balaban J connectivity index is 1.42. The van der Waals surface area contributed by atoms with Crippen LogP contribution in [-0.2, 0) is 24.2 Å². The Hall–Kier alpha value is -3.02. The highest BCUT2D eigenvalue weighted by atomic mass is 19.1. The number of carbonyl (C=O) groups is 1. The number of likely N-dealkylation sites (tertiary alicyclic amines) is 1. The second kappa shape index (κ2) is 10.1. The highest BCUT2D eigenvalue weighted by molar-refractivity contribution is 5.76. The third-order valence-electron chi connectivity index (χ3n) is 6.21. The van der Waals surface area contributed by atoms with Gasteiger partial charge in [-0.2, -0.15) is 0 Å². The van der Waals surface area contributed by atoms with Crippen molar-refractivity contribution in [3.8, 4) is 0 Å². The monoisotopic (exact) mass is 434 g/mol. The zero-order valence-corrected chi connectivity index (χ0v) is 18.9. The van der Waals surface area contributed by atoms with Crippen LogP contribution in [0.4, 0.5) is 4.39 Å². The van der Waals surface area contributed by atoms with E-state index >= 15 is 0 Å². The molecule has 0 N–H and O–H groups in total. The van der Waals surface area contributed by atoms with Crippen LogP contribution in [0, 0.1) is 12.7 Å². The molecule has 6 heteroatoms. The van der Waals surface area contributed by atoms with E-state index in [4.69, 9.17) is 4.98 Å². The lowest BCUT2D eigenvalue weighted by atomic mass is 9.92. The van der Waals surface area contributed by atoms with Gasteiger partial charge in [-0.3, -0.25) is 9.78 Å². The van der Waals surface area contributed by atoms with Crippen LogP contribution >= 0.6 is 0 Å².